The van der Waals surface area contributed by atoms with Gasteiger partial charge in [-0.25, -0.2) is 4.98 Å². The molecule has 0 bridgehead atoms. The molecule has 0 unspecified atom stereocenters. The van der Waals surface area contributed by atoms with E-state index >= 15 is 0 Å². The molecule has 1 aromatic carbocycles. The van der Waals surface area contributed by atoms with Crippen molar-refractivity contribution in [2.45, 2.75) is 20.0 Å². The average molecular weight is 236 g/mol. The second-order valence-corrected chi connectivity index (χ2v) is 4.13. The van der Waals surface area contributed by atoms with Gasteiger partial charge in [-0.1, -0.05) is 23.7 Å². The number of hydrogen-bond acceptors (Lipinski definition) is 2. The number of H-pyrrole nitrogens is 1. The highest BCUT2D eigenvalue weighted by molar-refractivity contribution is 6.31. The SMILES string of the molecule is Cc1ccc(CNCc2ncc[nH]2)cc1Cl. The van der Waals surface area contributed by atoms with Crippen LogP contribution >= 0.6 is 11.6 Å². The lowest BCUT2D eigenvalue weighted by Crippen LogP contribution is -2.13. The van der Waals surface area contributed by atoms with Crippen LogP contribution in [0.5, 0.6) is 0 Å². The molecule has 16 heavy (non-hydrogen) atoms. The Morgan fingerprint density at radius 1 is 1.38 bits per heavy atom. The third-order valence-corrected chi connectivity index (χ3v) is 2.82. The van der Waals surface area contributed by atoms with Gasteiger partial charge in [0, 0.05) is 24.0 Å². The van der Waals surface area contributed by atoms with E-state index in [9.17, 15) is 0 Å². The highest BCUT2D eigenvalue weighted by Crippen LogP contribution is 2.16. The van der Waals surface area contributed by atoms with Crippen molar-refractivity contribution in [3.8, 4) is 0 Å². The Kier molecular flexibility index (Phi) is 3.59. The molecule has 2 rings (SSSR count). The number of benzene rings is 1. The molecule has 84 valence electrons. The number of imidazole rings is 1. The van der Waals surface area contributed by atoms with Crippen molar-refractivity contribution in [1.82, 2.24) is 15.3 Å². The van der Waals surface area contributed by atoms with Crippen molar-refractivity contribution in [2.75, 3.05) is 0 Å². The Morgan fingerprint density at radius 2 is 2.25 bits per heavy atom. The van der Waals surface area contributed by atoms with Crippen LogP contribution in [0, 0.1) is 6.92 Å². The Hall–Kier alpha value is -1.32. The molecule has 0 aliphatic carbocycles. The van der Waals surface area contributed by atoms with Crippen LogP contribution in [0.25, 0.3) is 0 Å². The first-order chi connectivity index (χ1) is 7.75. The van der Waals surface area contributed by atoms with Gasteiger partial charge in [0.15, 0.2) is 0 Å². The summed E-state index contributed by atoms with van der Waals surface area (Å²) in [6.07, 6.45) is 3.57. The predicted octanol–water partition coefficient (Wildman–Crippen LogP) is 2.66. The minimum absolute atomic E-state index is 0.735. The van der Waals surface area contributed by atoms with Gasteiger partial charge >= 0.3 is 0 Å². The van der Waals surface area contributed by atoms with Crippen LogP contribution in [-0.4, -0.2) is 9.97 Å². The molecule has 0 saturated carbocycles. The number of aryl methyl sites for hydroxylation is 1. The number of aromatic nitrogens is 2. The zero-order chi connectivity index (χ0) is 11.4. The van der Waals surface area contributed by atoms with Gasteiger partial charge in [-0.2, -0.15) is 0 Å². The van der Waals surface area contributed by atoms with E-state index in [-0.39, 0.29) is 0 Å². The smallest absolute Gasteiger partial charge is 0.120 e. The first-order valence-electron chi connectivity index (χ1n) is 5.20. The normalized spacial score (nSPS) is 10.6. The van der Waals surface area contributed by atoms with Crippen LogP contribution in [-0.2, 0) is 13.1 Å². The van der Waals surface area contributed by atoms with E-state index < -0.39 is 0 Å². The Morgan fingerprint density at radius 3 is 2.94 bits per heavy atom. The number of halogens is 1. The summed E-state index contributed by atoms with van der Waals surface area (Å²) in [5.74, 6) is 0.943. The molecule has 4 heteroatoms. The van der Waals surface area contributed by atoms with E-state index in [1.165, 1.54) is 5.56 Å². The minimum atomic E-state index is 0.735. The van der Waals surface area contributed by atoms with Crippen LogP contribution in [0.3, 0.4) is 0 Å². The van der Waals surface area contributed by atoms with Gasteiger partial charge in [-0.15, -0.1) is 0 Å². The van der Waals surface area contributed by atoms with E-state index in [0.29, 0.717) is 0 Å². The summed E-state index contributed by atoms with van der Waals surface area (Å²) in [6, 6.07) is 6.11. The topological polar surface area (TPSA) is 40.7 Å². The summed E-state index contributed by atoms with van der Waals surface area (Å²) in [6.45, 7) is 3.53. The second-order valence-electron chi connectivity index (χ2n) is 3.72. The maximum atomic E-state index is 6.05. The third-order valence-electron chi connectivity index (χ3n) is 2.41. The molecule has 2 N–H and O–H groups in total. The van der Waals surface area contributed by atoms with Gasteiger partial charge in [0.2, 0.25) is 0 Å². The predicted molar refractivity (Wildman–Crippen MR) is 65.3 cm³/mol. The maximum absolute atomic E-state index is 6.05. The average Bonchev–Trinajstić information content (AvgIpc) is 2.76. The molecule has 0 saturated heterocycles. The fourth-order valence-electron chi connectivity index (χ4n) is 1.47. The van der Waals surface area contributed by atoms with Crippen LogP contribution < -0.4 is 5.32 Å². The maximum Gasteiger partial charge on any atom is 0.120 e. The zero-order valence-corrected chi connectivity index (χ0v) is 9.88. The summed E-state index contributed by atoms with van der Waals surface area (Å²) in [4.78, 5) is 7.18. The zero-order valence-electron chi connectivity index (χ0n) is 9.13. The van der Waals surface area contributed by atoms with E-state index in [0.717, 1.165) is 29.5 Å². The van der Waals surface area contributed by atoms with Crippen molar-refractivity contribution in [1.29, 1.82) is 0 Å². The van der Waals surface area contributed by atoms with E-state index in [1.54, 1.807) is 6.20 Å². The van der Waals surface area contributed by atoms with Crippen LogP contribution in [0.4, 0.5) is 0 Å². The largest absolute Gasteiger partial charge is 0.348 e. The summed E-state index contributed by atoms with van der Waals surface area (Å²) >= 11 is 6.05. The Balaban J connectivity index is 1.87. The van der Waals surface area contributed by atoms with Gasteiger partial charge in [0.25, 0.3) is 0 Å². The van der Waals surface area contributed by atoms with Gasteiger partial charge in [-0.05, 0) is 24.1 Å². The molecule has 0 aliphatic rings. The van der Waals surface area contributed by atoms with E-state index in [2.05, 4.69) is 21.4 Å². The number of nitrogens with one attached hydrogen (secondary N) is 2. The molecule has 0 aliphatic heterocycles. The molecular formula is C12H14ClN3. The summed E-state index contributed by atoms with van der Waals surface area (Å²) in [7, 11) is 0. The highest BCUT2D eigenvalue weighted by atomic mass is 35.5. The summed E-state index contributed by atoms with van der Waals surface area (Å²) in [5, 5.41) is 4.12. The molecule has 1 aromatic heterocycles. The second kappa shape index (κ2) is 5.14. The fourth-order valence-corrected chi connectivity index (χ4v) is 1.67. The molecule has 0 amide bonds. The van der Waals surface area contributed by atoms with Gasteiger partial charge in [-0.3, -0.25) is 0 Å². The molecule has 2 aromatic rings. The lowest BCUT2D eigenvalue weighted by molar-refractivity contribution is 0.669. The van der Waals surface area contributed by atoms with Crippen molar-refractivity contribution in [3.05, 3.63) is 52.6 Å². The van der Waals surface area contributed by atoms with Crippen molar-refractivity contribution in [3.63, 3.8) is 0 Å². The molecule has 0 atom stereocenters. The number of nitrogens with zero attached hydrogens (tertiary/aromatic N) is 1. The summed E-state index contributed by atoms with van der Waals surface area (Å²) < 4.78 is 0. The van der Waals surface area contributed by atoms with Gasteiger partial charge in [0.1, 0.15) is 5.82 Å². The first kappa shape index (κ1) is 11.2. The number of hydrogen-bond donors (Lipinski definition) is 2. The molecule has 0 fully saturated rings. The van der Waals surface area contributed by atoms with Crippen molar-refractivity contribution < 1.29 is 0 Å². The van der Waals surface area contributed by atoms with Crippen molar-refractivity contribution >= 4 is 11.6 Å². The van der Waals surface area contributed by atoms with Crippen molar-refractivity contribution in [2.24, 2.45) is 0 Å². The van der Waals surface area contributed by atoms with Crippen LogP contribution in [0.1, 0.15) is 17.0 Å². The molecular weight excluding hydrogens is 222 g/mol. The highest BCUT2D eigenvalue weighted by Gasteiger charge is 1.98. The summed E-state index contributed by atoms with van der Waals surface area (Å²) in [5.41, 5.74) is 2.29. The van der Waals surface area contributed by atoms with Gasteiger partial charge < -0.3 is 10.3 Å². The Labute approximate surface area is 99.9 Å². The quantitative estimate of drug-likeness (QED) is 0.856. The Bertz CT molecular complexity index is 451. The lowest BCUT2D eigenvalue weighted by atomic mass is 10.1. The lowest BCUT2D eigenvalue weighted by Gasteiger charge is -2.05. The van der Waals surface area contributed by atoms with Crippen LogP contribution in [0.2, 0.25) is 5.02 Å². The monoisotopic (exact) mass is 235 g/mol. The van der Waals surface area contributed by atoms with E-state index in [4.69, 9.17) is 11.6 Å². The van der Waals surface area contributed by atoms with E-state index in [1.807, 2.05) is 25.3 Å². The standard InChI is InChI=1S/C12H14ClN3/c1-9-2-3-10(6-11(9)13)7-14-8-12-15-4-5-16-12/h2-6,14H,7-8H2,1H3,(H,15,16). The van der Waals surface area contributed by atoms with Crippen LogP contribution in [0.15, 0.2) is 30.6 Å². The minimum Gasteiger partial charge on any atom is -0.348 e. The van der Waals surface area contributed by atoms with Gasteiger partial charge in [0.05, 0.1) is 6.54 Å². The molecule has 3 nitrogen and oxygen atoms in total. The molecule has 1 heterocycles. The number of rotatable bonds is 4. The number of aromatic amines is 1. The molecule has 0 spiro atoms. The first-order valence-corrected chi connectivity index (χ1v) is 5.57. The third kappa shape index (κ3) is 2.84. The fraction of sp³-hybridized carbons (Fsp3) is 0.250. The molecule has 0 radical (unpaired) electrons.